The fraction of sp³-hybridized carbons (Fsp3) is 0.522. The molecule has 29 heavy (non-hydrogen) atoms. The van der Waals surface area contributed by atoms with Crippen molar-refractivity contribution in [3.05, 3.63) is 49.7 Å². The molecule has 0 amide bonds. The van der Waals surface area contributed by atoms with Crippen molar-refractivity contribution in [2.24, 2.45) is 0 Å². The van der Waals surface area contributed by atoms with Crippen LogP contribution in [0.25, 0.3) is 0 Å². The van der Waals surface area contributed by atoms with E-state index in [1.807, 2.05) is 41.5 Å². The van der Waals surface area contributed by atoms with Gasteiger partial charge in [-0.05, 0) is 29.4 Å². The van der Waals surface area contributed by atoms with Crippen LogP contribution in [0.5, 0.6) is 5.75 Å². The molecule has 0 aliphatic rings. The molecule has 2 aromatic rings. The van der Waals surface area contributed by atoms with Gasteiger partial charge in [0.1, 0.15) is 16.1 Å². The molecule has 160 valence electrons. The number of carbonyl (C=O) groups excluding carboxylic acids is 1. The van der Waals surface area contributed by atoms with E-state index in [9.17, 15) is 9.90 Å². The van der Waals surface area contributed by atoms with Gasteiger partial charge >= 0.3 is 0 Å². The fourth-order valence-electron chi connectivity index (χ4n) is 3.29. The van der Waals surface area contributed by atoms with Crippen LogP contribution in [0.15, 0.2) is 12.1 Å². The highest BCUT2D eigenvalue weighted by molar-refractivity contribution is 6.47. The SMILES string of the molecule is CCCCn1c(Cl)c(Cl)c(C(=O)c2cc(C(C)(C)C)c(O)c(C(C)(C)C)c2)c1Cl. The maximum Gasteiger partial charge on any atom is 0.197 e. The lowest BCUT2D eigenvalue weighted by atomic mass is 9.78. The van der Waals surface area contributed by atoms with Crippen LogP contribution >= 0.6 is 34.8 Å². The molecular weight excluding hydrogens is 429 g/mol. The summed E-state index contributed by atoms with van der Waals surface area (Å²) >= 11 is 19.3. The summed E-state index contributed by atoms with van der Waals surface area (Å²) < 4.78 is 1.68. The number of ketones is 1. The maximum atomic E-state index is 13.5. The van der Waals surface area contributed by atoms with Crippen LogP contribution in [0.1, 0.15) is 88.4 Å². The second-order valence-corrected chi connectivity index (χ2v) is 10.6. The number of aromatic hydroxyl groups is 1. The quantitative estimate of drug-likeness (QED) is 0.465. The van der Waals surface area contributed by atoms with Gasteiger partial charge < -0.3 is 9.67 Å². The molecule has 0 unspecified atom stereocenters. The van der Waals surface area contributed by atoms with Crippen molar-refractivity contribution in [3.63, 3.8) is 0 Å². The lowest BCUT2D eigenvalue weighted by Gasteiger charge is -2.28. The minimum Gasteiger partial charge on any atom is -0.507 e. The first-order valence-electron chi connectivity index (χ1n) is 9.87. The van der Waals surface area contributed by atoms with E-state index in [1.165, 1.54) is 0 Å². The van der Waals surface area contributed by atoms with E-state index < -0.39 is 0 Å². The number of hydrogen-bond donors (Lipinski definition) is 1. The third-order valence-electron chi connectivity index (χ3n) is 5.03. The molecular formula is C23H30Cl3NO2. The number of benzene rings is 1. The first-order valence-corrected chi connectivity index (χ1v) is 11.0. The second kappa shape index (κ2) is 8.53. The van der Waals surface area contributed by atoms with Gasteiger partial charge in [0.05, 0.1) is 10.6 Å². The van der Waals surface area contributed by atoms with Crippen LogP contribution in [0.3, 0.4) is 0 Å². The summed E-state index contributed by atoms with van der Waals surface area (Å²) in [5.74, 6) is -0.0783. The van der Waals surface area contributed by atoms with E-state index in [0.29, 0.717) is 23.2 Å². The molecule has 1 N–H and O–H groups in total. The number of unbranched alkanes of at least 4 members (excludes halogenated alkanes) is 1. The average molecular weight is 459 g/mol. The van der Waals surface area contributed by atoms with E-state index in [1.54, 1.807) is 16.7 Å². The molecule has 6 heteroatoms. The molecule has 0 atom stereocenters. The van der Waals surface area contributed by atoms with Gasteiger partial charge in [-0.25, -0.2) is 0 Å². The highest BCUT2D eigenvalue weighted by Crippen LogP contribution is 2.42. The van der Waals surface area contributed by atoms with Crippen LogP contribution in [0.2, 0.25) is 15.3 Å². The molecule has 2 rings (SSSR count). The zero-order valence-corrected chi connectivity index (χ0v) is 20.5. The van der Waals surface area contributed by atoms with E-state index in [-0.39, 0.29) is 43.3 Å². The Kier molecular flexibility index (Phi) is 7.09. The largest absolute Gasteiger partial charge is 0.507 e. The second-order valence-electron chi connectivity index (χ2n) is 9.52. The molecule has 0 aliphatic heterocycles. The Bertz CT molecular complexity index is 896. The van der Waals surface area contributed by atoms with E-state index >= 15 is 0 Å². The van der Waals surface area contributed by atoms with Crippen molar-refractivity contribution in [3.8, 4) is 5.75 Å². The molecule has 0 saturated carbocycles. The maximum absolute atomic E-state index is 13.5. The lowest BCUT2D eigenvalue weighted by molar-refractivity contribution is 0.103. The number of rotatable bonds is 5. The van der Waals surface area contributed by atoms with Gasteiger partial charge in [-0.3, -0.25) is 4.79 Å². The molecule has 0 aliphatic carbocycles. The molecule has 0 fully saturated rings. The highest BCUT2D eigenvalue weighted by atomic mass is 35.5. The zero-order chi connectivity index (χ0) is 22.3. The lowest BCUT2D eigenvalue weighted by Crippen LogP contribution is -2.19. The molecule has 0 saturated heterocycles. The summed E-state index contributed by atoms with van der Waals surface area (Å²) in [6.07, 6.45) is 1.84. The first-order chi connectivity index (χ1) is 13.2. The predicted molar refractivity (Wildman–Crippen MR) is 123 cm³/mol. The number of phenolic OH excluding ortho intramolecular Hbond substituents is 1. The molecule has 0 bridgehead atoms. The summed E-state index contributed by atoms with van der Waals surface area (Å²) in [6.45, 7) is 14.7. The van der Waals surface area contributed by atoms with Crippen LogP contribution < -0.4 is 0 Å². The van der Waals surface area contributed by atoms with Gasteiger partial charge in [0.2, 0.25) is 0 Å². The van der Waals surface area contributed by atoms with Crippen molar-refractivity contribution in [2.75, 3.05) is 0 Å². The van der Waals surface area contributed by atoms with Crippen LogP contribution in [0, 0.1) is 0 Å². The van der Waals surface area contributed by atoms with Gasteiger partial charge in [-0.2, -0.15) is 0 Å². The first kappa shape index (κ1) is 24.1. The van der Waals surface area contributed by atoms with Crippen LogP contribution in [-0.2, 0) is 17.4 Å². The van der Waals surface area contributed by atoms with Gasteiger partial charge in [0, 0.05) is 23.2 Å². The van der Waals surface area contributed by atoms with Crippen molar-refractivity contribution in [2.45, 2.75) is 78.7 Å². The normalized spacial score (nSPS) is 12.5. The number of nitrogens with zero attached hydrogens (tertiary/aromatic N) is 1. The molecule has 0 radical (unpaired) electrons. The highest BCUT2D eigenvalue weighted by Gasteiger charge is 2.31. The zero-order valence-electron chi connectivity index (χ0n) is 18.2. The van der Waals surface area contributed by atoms with Crippen molar-refractivity contribution < 1.29 is 9.90 Å². The number of aromatic nitrogens is 1. The Hall–Kier alpha value is -1.16. The van der Waals surface area contributed by atoms with E-state index in [2.05, 4.69) is 6.92 Å². The minimum atomic E-state index is -0.349. The number of hydrogen-bond acceptors (Lipinski definition) is 2. The Balaban J connectivity index is 2.71. The summed E-state index contributed by atoms with van der Waals surface area (Å²) in [5, 5.41) is 11.6. The smallest absolute Gasteiger partial charge is 0.197 e. The summed E-state index contributed by atoms with van der Waals surface area (Å²) in [7, 11) is 0. The van der Waals surface area contributed by atoms with Crippen molar-refractivity contribution in [1.29, 1.82) is 0 Å². The molecule has 0 spiro atoms. The van der Waals surface area contributed by atoms with Crippen LogP contribution in [0.4, 0.5) is 0 Å². The molecule has 1 aromatic heterocycles. The fourth-order valence-corrected chi connectivity index (χ4v) is 4.27. The third-order valence-corrected chi connectivity index (χ3v) is 6.28. The number of carbonyl (C=O) groups is 1. The van der Waals surface area contributed by atoms with E-state index in [4.69, 9.17) is 34.8 Å². The summed E-state index contributed by atoms with van der Waals surface area (Å²) in [5.41, 5.74) is 1.36. The van der Waals surface area contributed by atoms with Gasteiger partial charge in [0.15, 0.2) is 5.78 Å². The van der Waals surface area contributed by atoms with Crippen molar-refractivity contribution in [1.82, 2.24) is 4.57 Å². The molecule has 3 nitrogen and oxygen atoms in total. The number of halogens is 3. The van der Waals surface area contributed by atoms with Gasteiger partial charge in [0.25, 0.3) is 0 Å². The molecule has 1 aromatic carbocycles. The van der Waals surface area contributed by atoms with Crippen LogP contribution in [-0.4, -0.2) is 15.5 Å². The van der Waals surface area contributed by atoms with Gasteiger partial charge in [-0.1, -0.05) is 89.7 Å². The minimum absolute atomic E-state index is 0.167. The number of phenols is 1. The Labute approximate surface area is 189 Å². The Morgan fingerprint density at radius 1 is 0.966 bits per heavy atom. The van der Waals surface area contributed by atoms with Gasteiger partial charge in [-0.15, -0.1) is 0 Å². The molecule has 1 heterocycles. The van der Waals surface area contributed by atoms with Crippen molar-refractivity contribution >= 4 is 40.6 Å². The van der Waals surface area contributed by atoms with E-state index in [0.717, 1.165) is 12.8 Å². The third kappa shape index (κ3) is 4.78. The topological polar surface area (TPSA) is 42.2 Å². The average Bonchev–Trinajstić information content (AvgIpc) is 2.80. The summed E-state index contributed by atoms with van der Waals surface area (Å²) in [4.78, 5) is 13.5. The predicted octanol–water partition coefficient (Wildman–Crippen LogP) is 7.78. The standard InChI is InChI=1S/C23H30Cl3NO2/c1-8-9-10-27-20(25)16(17(24)21(27)26)18(28)13-11-14(22(2,3)4)19(29)15(12-13)23(5,6)7/h11-12,29H,8-10H2,1-7H3. The summed E-state index contributed by atoms with van der Waals surface area (Å²) in [6, 6.07) is 3.47. The Morgan fingerprint density at radius 2 is 1.45 bits per heavy atom. The Morgan fingerprint density at radius 3 is 1.86 bits per heavy atom. The monoisotopic (exact) mass is 457 g/mol.